The quantitative estimate of drug-likeness (QED) is 0.438. The number of hydrogen-bond donors (Lipinski definition) is 2. The molecule has 4 rings (SSSR count). The van der Waals surface area contributed by atoms with Crippen molar-refractivity contribution in [1.29, 1.82) is 0 Å². The summed E-state index contributed by atoms with van der Waals surface area (Å²) in [5, 5.41) is 5.52. The third kappa shape index (κ3) is 5.45. The standard InChI is InChI=1S/C27H22FN3O3/c28-21-10-8-20(9-11-21)25(32)30-22-12-14-23(15-13-22)31-18-4-7-24(27(31)34)26(33)29-17-16-19-5-2-1-3-6-19/h1-15,18H,16-17H2,(H,29,33)(H,30,32). The molecule has 0 spiro atoms. The number of pyridine rings is 1. The first-order chi connectivity index (χ1) is 16.5. The largest absolute Gasteiger partial charge is 0.352 e. The number of anilines is 1. The van der Waals surface area contributed by atoms with Gasteiger partial charge in [0.2, 0.25) is 0 Å². The molecule has 1 aromatic heterocycles. The maximum atomic E-state index is 13.0. The lowest BCUT2D eigenvalue weighted by Gasteiger charge is -2.10. The van der Waals surface area contributed by atoms with Crippen molar-refractivity contribution in [2.75, 3.05) is 11.9 Å². The number of hydrogen-bond acceptors (Lipinski definition) is 3. The normalized spacial score (nSPS) is 10.5. The zero-order chi connectivity index (χ0) is 23.9. The van der Waals surface area contributed by atoms with Crippen LogP contribution >= 0.6 is 0 Å². The Morgan fingerprint density at radius 2 is 1.50 bits per heavy atom. The van der Waals surface area contributed by atoms with Crippen LogP contribution in [0.2, 0.25) is 0 Å². The van der Waals surface area contributed by atoms with Crippen molar-refractivity contribution < 1.29 is 14.0 Å². The molecule has 0 aliphatic carbocycles. The van der Waals surface area contributed by atoms with Gasteiger partial charge in [-0.05, 0) is 72.6 Å². The minimum atomic E-state index is -0.442. The number of carbonyl (C=O) groups is 2. The van der Waals surface area contributed by atoms with Gasteiger partial charge in [0.05, 0.1) is 0 Å². The molecule has 34 heavy (non-hydrogen) atoms. The molecule has 0 aliphatic heterocycles. The minimum absolute atomic E-state index is 0.0456. The van der Waals surface area contributed by atoms with Crippen LogP contribution in [0.15, 0.2) is 102 Å². The van der Waals surface area contributed by atoms with Gasteiger partial charge in [0, 0.05) is 29.7 Å². The molecular formula is C27H22FN3O3. The van der Waals surface area contributed by atoms with Gasteiger partial charge < -0.3 is 10.6 Å². The summed E-state index contributed by atoms with van der Waals surface area (Å²) in [4.78, 5) is 37.8. The van der Waals surface area contributed by atoms with Crippen molar-refractivity contribution in [3.63, 3.8) is 0 Å². The van der Waals surface area contributed by atoms with Crippen LogP contribution in [-0.2, 0) is 6.42 Å². The first kappa shape index (κ1) is 22.7. The smallest absolute Gasteiger partial charge is 0.267 e. The highest BCUT2D eigenvalue weighted by Gasteiger charge is 2.13. The van der Waals surface area contributed by atoms with Crippen molar-refractivity contribution in [1.82, 2.24) is 9.88 Å². The van der Waals surface area contributed by atoms with Gasteiger partial charge in [-0.25, -0.2) is 4.39 Å². The molecule has 0 saturated heterocycles. The second-order valence-electron chi connectivity index (χ2n) is 7.60. The Kier molecular flexibility index (Phi) is 6.93. The highest BCUT2D eigenvalue weighted by Crippen LogP contribution is 2.14. The molecule has 0 bridgehead atoms. The zero-order valence-corrected chi connectivity index (χ0v) is 18.2. The van der Waals surface area contributed by atoms with Gasteiger partial charge in [-0.3, -0.25) is 19.0 Å². The lowest BCUT2D eigenvalue weighted by atomic mass is 10.1. The fraction of sp³-hybridized carbons (Fsp3) is 0.0741. The number of rotatable bonds is 7. The lowest BCUT2D eigenvalue weighted by molar-refractivity contribution is 0.0951. The summed E-state index contributed by atoms with van der Waals surface area (Å²) < 4.78 is 14.4. The van der Waals surface area contributed by atoms with E-state index < -0.39 is 17.3 Å². The van der Waals surface area contributed by atoms with E-state index in [0.717, 1.165) is 5.56 Å². The summed E-state index contributed by atoms with van der Waals surface area (Å²) in [6.07, 6.45) is 2.24. The summed E-state index contributed by atoms with van der Waals surface area (Å²) in [6.45, 7) is 0.416. The van der Waals surface area contributed by atoms with Crippen molar-refractivity contribution in [2.24, 2.45) is 0 Å². The van der Waals surface area contributed by atoms with Gasteiger partial charge in [-0.15, -0.1) is 0 Å². The second-order valence-corrected chi connectivity index (χ2v) is 7.60. The number of benzene rings is 3. The maximum Gasteiger partial charge on any atom is 0.267 e. The van der Waals surface area contributed by atoms with Gasteiger partial charge in [0.15, 0.2) is 0 Å². The topological polar surface area (TPSA) is 80.2 Å². The SMILES string of the molecule is O=C(Nc1ccc(-n2cccc(C(=O)NCCc3ccccc3)c2=O)cc1)c1ccc(F)cc1. The molecule has 0 saturated carbocycles. The predicted molar refractivity (Wildman–Crippen MR) is 129 cm³/mol. The average molecular weight is 455 g/mol. The van der Waals surface area contributed by atoms with Crippen LogP contribution < -0.4 is 16.2 Å². The average Bonchev–Trinajstić information content (AvgIpc) is 2.86. The molecule has 3 aromatic carbocycles. The first-order valence-corrected chi connectivity index (χ1v) is 10.7. The third-order valence-electron chi connectivity index (χ3n) is 5.24. The number of aromatic nitrogens is 1. The van der Waals surface area contributed by atoms with Crippen molar-refractivity contribution in [3.05, 3.63) is 130 Å². The van der Waals surface area contributed by atoms with E-state index in [1.165, 1.54) is 34.9 Å². The van der Waals surface area contributed by atoms with E-state index in [-0.39, 0.29) is 11.5 Å². The van der Waals surface area contributed by atoms with Crippen LogP contribution in [0, 0.1) is 5.82 Å². The van der Waals surface area contributed by atoms with Gasteiger partial charge in [0.1, 0.15) is 11.4 Å². The minimum Gasteiger partial charge on any atom is -0.352 e. The van der Waals surface area contributed by atoms with E-state index in [2.05, 4.69) is 10.6 Å². The molecule has 0 fully saturated rings. The molecule has 2 N–H and O–H groups in total. The number of amides is 2. The van der Waals surface area contributed by atoms with E-state index in [9.17, 15) is 18.8 Å². The Morgan fingerprint density at radius 1 is 0.794 bits per heavy atom. The van der Waals surface area contributed by atoms with E-state index >= 15 is 0 Å². The number of carbonyl (C=O) groups excluding carboxylic acids is 2. The summed E-state index contributed by atoms with van der Waals surface area (Å²) >= 11 is 0. The highest BCUT2D eigenvalue weighted by molar-refractivity contribution is 6.04. The Labute approximate surface area is 195 Å². The Bertz CT molecular complexity index is 1350. The fourth-order valence-electron chi connectivity index (χ4n) is 3.44. The van der Waals surface area contributed by atoms with Gasteiger partial charge >= 0.3 is 0 Å². The molecular weight excluding hydrogens is 433 g/mol. The van der Waals surface area contributed by atoms with E-state index in [1.54, 1.807) is 36.5 Å². The Hall–Kier alpha value is -4.52. The molecule has 0 radical (unpaired) electrons. The number of halogens is 1. The number of nitrogens with zero attached hydrogens (tertiary/aromatic N) is 1. The van der Waals surface area contributed by atoms with Gasteiger partial charge in [-0.2, -0.15) is 0 Å². The summed E-state index contributed by atoms with van der Waals surface area (Å²) in [5.41, 5.74) is 2.09. The number of nitrogens with one attached hydrogen (secondary N) is 2. The van der Waals surface area contributed by atoms with Crippen molar-refractivity contribution >= 4 is 17.5 Å². The lowest BCUT2D eigenvalue weighted by Crippen LogP contribution is -2.33. The van der Waals surface area contributed by atoms with Crippen molar-refractivity contribution in [2.45, 2.75) is 6.42 Å². The molecule has 170 valence electrons. The molecule has 6 nitrogen and oxygen atoms in total. The Morgan fingerprint density at radius 3 is 2.21 bits per heavy atom. The highest BCUT2D eigenvalue weighted by atomic mass is 19.1. The zero-order valence-electron chi connectivity index (χ0n) is 18.2. The van der Waals surface area contributed by atoms with Crippen LogP contribution in [0.25, 0.3) is 5.69 Å². The predicted octanol–water partition coefficient (Wildman–Crippen LogP) is 4.20. The molecule has 0 atom stereocenters. The van der Waals surface area contributed by atoms with Gasteiger partial charge in [0.25, 0.3) is 17.4 Å². The molecule has 0 unspecified atom stereocenters. The van der Waals surface area contributed by atoms with E-state index in [4.69, 9.17) is 0 Å². The molecule has 1 heterocycles. The summed E-state index contributed by atoms with van der Waals surface area (Å²) in [5.74, 6) is -1.23. The maximum absolute atomic E-state index is 13.0. The van der Waals surface area contributed by atoms with Crippen molar-refractivity contribution in [3.8, 4) is 5.69 Å². The molecule has 2 amide bonds. The second kappa shape index (κ2) is 10.4. The summed E-state index contributed by atoms with van der Waals surface area (Å²) in [6, 6.07) is 24.8. The molecule has 4 aromatic rings. The van der Waals surface area contributed by atoms with Crippen LogP contribution in [-0.4, -0.2) is 22.9 Å². The summed E-state index contributed by atoms with van der Waals surface area (Å²) in [7, 11) is 0. The Balaban J connectivity index is 1.43. The molecule has 7 heteroatoms. The van der Waals surface area contributed by atoms with Crippen LogP contribution in [0.5, 0.6) is 0 Å². The van der Waals surface area contributed by atoms with Crippen LogP contribution in [0.4, 0.5) is 10.1 Å². The van der Waals surface area contributed by atoms with E-state index in [1.807, 2.05) is 30.3 Å². The van der Waals surface area contributed by atoms with E-state index in [0.29, 0.717) is 29.9 Å². The third-order valence-corrected chi connectivity index (χ3v) is 5.24. The first-order valence-electron chi connectivity index (χ1n) is 10.7. The van der Waals surface area contributed by atoms with Crippen LogP contribution in [0.3, 0.4) is 0 Å². The molecule has 0 aliphatic rings. The van der Waals surface area contributed by atoms with Gasteiger partial charge in [-0.1, -0.05) is 30.3 Å². The fourth-order valence-corrected chi connectivity index (χ4v) is 3.44. The monoisotopic (exact) mass is 455 g/mol. The van der Waals surface area contributed by atoms with Crippen LogP contribution in [0.1, 0.15) is 26.3 Å².